The van der Waals surface area contributed by atoms with Gasteiger partial charge in [0.2, 0.25) is 0 Å². The summed E-state index contributed by atoms with van der Waals surface area (Å²) in [5.74, 6) is 0.392. The van der Waals surface area contributed by atoms with Crippen LogP contribution in [0.1, 0.15) is 12.8 Å². The molecule has 0 aliphatic heterocycles. The molecular formula is C13H17Cl2NO3. The number of unbranched alkanes of at least 4 members (excludes halogenated alkanes) is 1. The molecule has 19 heavy (non-hydrogen) atoms. The van der Waals surface area contributed by atoms with E-state index in [1.54, 1.807) is 12.2 Å². The zero-order valence-corrected chi connectivity index (χ0v) is 12.0. The minimum absolute atomic E-state index is 0.117. The Kier molecular flexibility index (Phi) is 7.82. The summed E-state index contributed by atoms with van der Waals surface area (Å²) in [6, 6.07) is 0. The Balaban J connectivity index is 2.34. The van der Waals surface area contributed by atoms with E-state index in [0.717, 1.165) is 12.8 Å². The van der Waals surface area contributed by atoms with E-state index in [1.807, 2.05) is 0 Å². The molecule has 0 heterocycles. The van der Waals surface area contributed by atoms with E-state index in [0.29, 0.717) is 18.9 Å². The van der Waals surface area contributed by atoms with Crippen molar-refractivity contribution in [1.82, 2.24) is 0 Å². The van der Waals surface area contributed by atoms with Crippen molar-refractivity contribution in [2.24, 2.45) is 5.73 Å². The maximum Gasteiger partial charge on any atom is 0.192 e. The normalized spacial score (nSPS) is 18.2. The maximum absolute atomic E-state index is 11.7. The highest BCUT2D eigenvalue weighted by atomic mass is 35.5. The summed E-state index contributed by atoms with van der Waals surface area (Å²) in [7, 11) is 0. The summed E-state index contributed by atoms with van der Waals surface area (Å²) >= 11 is 10.9. The van der Waals surface area contributed by atoms with Gasteiger partial charge >= 0.3 is 0 Å². The van der Waals surface area contributed by atoms with Crippen LogP contribution in [0.5, 0.6) is 0 Å². The highest BCUT2D eigenvalue weighted by molar-refractivity contribution is 6.55. The van der Waals surface area contributed by atoms with Gasteiger partial charge in [0.25, 0.3) is 0 Å². The molecule has 0 aromatic heterocycles. The van der Waals surface area contributed by atoms with Gasteiger partial charge in [-0.25, -0.2) is 0 Å². The minimum Gasteiger partial charge on any atom is -0.493 e. The Labute approximate surface area is 122 Å². The lowest BCUT2D eigenvalue weighted by molar-refractivity contribution is -0.122. The maximum atomic E-state index is 11.7. The standard InChI is InChI=1S/C13H17Cl2NO3/c14-13(15)5-8-19-12-4-3-10(9-11(12)17)18-7-2-1-6-16/h3-5,9,12H,1-2,6-8,16H2. The smallest absolute Gasteiger partial charge is 0.192 e. The fourth-order valence-corrected chi connectivity index (χ4v) is 1.55. The van der Waals surface area contributed by atoms with Crippen LogP contribution in [0.4, 0.5) is 0 Å². The van der Waals surface area contributed by atoms with E-state index in [2.05, 4.69) is 0 Å². The second kappa shape index (κ2) is 9.15. The molecule has 0 spiro atoms. The van der Waals surface area contributed by atoms with Crippen LogP contribution >= 0.6 is 23.2 Å². The third-order valence-corrected chi connectivity index (χ3v) is 2.69. The van der Waals surface area contributed by atoms with Gasteiger partial charge < -0.3 is 15.2 Å². The van der Waals surface area contributed by atoms with Crippen molar-refractivity contribution in [3.8, 4) is 0 Å². The highest BCUT2D eigenvalue weighted by Gasteiger charge is 2.18. The number of ketones is 1. The van der Waals surface area contributed by atoms with Gasteiger partial charge in [-0.3, -0.25) is 4.79 Å². The number of hydrogen-bond donors (Lipinski definition) is 1. The number of carbonyl (C=O) groups is 1. The molecular weight excluding hydrogens is 289 g/mol. The van der Waals surface area contributed by atoms with Crippen LogP contribution in [0.2, 0.25) is 0 Å². The molecule has 0 aromatic rings. The molecule has 0 radical (unpaired) electrons. The second-order valence-corrected chi connectivity index (χ2v) is 4.91. The van der Waals surface area contributed by atoms with Crippen LogP contribution in [-0.4, -0.2) is 31.6 Å². The lowest BCUT2D eigenvalue weighted by Gasteiger charge is -2.15. The average Bonchev–Trinajstić information content (AvgIpc) is 2.37. The lowest BCUT2D eigenvalue weighted by atomic mass is 10.1. The topological polar surface area (TPSA) is 61.5 Å². The average molecular weight is 306 g/mol. The summed E-state index contributed by atoms with van der Waals surface area (Å²) in [5, 5.41) is 0. The molecule has 2 N–H and O–H groups in total. The monoisotopic (exact) mass is 305 g/mol. The molecule has 0 aromatic carbocycles. The van der Waals surface area contributed by atoms with Crippen molar-refractivity contribution in [3.05, 3.63) is 34.6 Å². The predicted molar refractivity (Wildman–Crippen MR) is 76.0 cm³/mol. The molecule has 1 aliphatic rings. The van der Waals surface area contributed by atoms with Crippen molar-refractivity contribution < 1.29 is 14.3 Å². The molecule has 1 unspecified atom stereocenters. The van der Waals surface area contributed by atoms with Gasteiger partial charge in [-0.2, -0.15) is 0 Å². The van der Waals surface area contributed by atoms with E-state index < -0.39 is 6.10 Å². The molecule has 1 atom stereocenters. The molecule has 0 amide bonds. The quantitative estimate of drug-likeness (QED) is 0.700. The van der Waals surface area contributed by atoms with Crippen molar-refractivity contribution in [3.63, 3.8) is 0 Å². The van der Waals surface area contributed by atoms with Crippen molar-refractivity contribution in [2.45, 2.75) is 18.9 Å². The van der Waals surface area contributed by atoms with Gasteiger partial charge in [-0.1, -0.05) is 23.2 Å². The summed E-state index contributed by atoms with van der Waals surface area (Å²) in [6.07, 6.45) is 7.44. The Morgan fingerprint density at radius 1 is 1.42 bits per heavy atom. The second-order valence-electron chi connectivity index (χ2n) is 3.90. The van der Waals surface area contributed by atoms with Crippen LogP contribution in [-0.2, 0) is 14.3 Å². The molecule has 106 valence electrons. The molecule has 0 saturated carbocycles. The first-order chi connectivity index (χ1) is 9.13. The zero-order valence-electron chi connectivity index (χ0n) is 10.5. The molecule has 1 aliphatic carbocycles. The Hall–Kier alpha value is -0.810. The van der Waals surface area contributed by atoms with Crippen molar-refractivity contribution in [1.29, 1.82) is 0 Å². The number of rotatable bonds is 8. The van der Waals surface area contributed by atoms with Gasteiger partial charge in [0, 0.05) is 6.08 Å². The largest absolute Gasteiger partial charge is 0.493 e. The van der Waals surface area contributed by atoms with E-state index in [4.69, 9.17) is 38.4 Å². The van der Waals surface area contributed by atoms with E-state index in [9.17, 15) is 4.79 Å². The third-order valence-electron chi connectivity index (χ3n) is 2.38. The van der Waals surface area contributed by atoms with Gasteiger partial charge in [-0.15, -0.1) is 0 Å². The first-order valence-corrected chi connectivity index (χ1v) is 6.78. The lowest BCUT2D eigenvalue weighted by Crippen LogP contribution is -2.23. The number of ether oxygens (including phenoxy) is 2. The van der Waals surface area contributed by atoms with E-state index in [-0.39, 0.29) is 16.9 Å². The van der Waals surface area contributed by atoms with Crippen molar-refractivity contribution in [2.75, 3.05) is 19.8 Å². The highest BCUT2D eigenvalue weighted by Crippen LogP contribution is 2.13. The molecule has 6 heteroatoms. The molecule has 1 rings (SSSR count). The van der Waals surface area contributed by atoms with E-state index in [1.165, 1.54) is 12.2 Å². The summed E-state index contributed by atoms with van der Waals surface area (Å²) in [4.78, 5) is 11.7. The number of hydrogen-bond acceptors (Lipinski definition) is 4. The minimum atomic E-state index is -0.611. The number of carbonyl (C=O) groups excluding carboxylic acids is 1. The predicted octanol–water partition coefficient (Wildman–Crippen LogP) is 2.47. The van der Waals surface area contributed by atoms with Gasteiger partial charge in [0.1, 0.15) is 16.4 Å². The zero-order chi connectivity index (χ0) is 14.1. The van der Waals surface area contributed by atoms with Crippen LogP contribution in [0, 0.1) is 0 Å². The van der Waals surface area contributed by atoms with Crippen LogP contribution in [0.3, 0.4) is 0 Å². The Bertz CT molecular complexity index is 387. The Morgan fingerprint density at radius 2 is 2.21 bits per heavy atom. The van der Waals surface area contributed by atoms with Crippen LogP contribution < -0.4 is 5.73 Å². The summed E-state index contributed by atoms with van der Waals surface area (Å²) in [5.41, 5.74) is 5.38. The fourth-order valence-electron chi connectivity index (χ4n) is 1.43. The summed E-state index contributed by atoms with van der Waals surface area (Å²) < 4.78 is 10.9. The first-order valence-electron chi connectivity index (χ1n) is 6.03. The third kappa shape index (κ3) is 6.78. The van der Waals surface area contributed by atoms with Crippen LogP contribution in [0.15, 0.2) is 34.6 Å². The first kappa shape index (κ1) is 16.2. The molecule has 0 bridgehead atoms. The molecule has 0 saturated heterocycles. The molecule has 0 fully saturated rings. The SMILES string of the molecule is NCCCCOC1=CC(=O)C(OCC=C(Cl)Cl)C=C1. The van der Waals surface area contributed by atoms with E-state index >= 15 is 0 Å². The number of halogens is 2. The molecule has 4 nitrogen and oxygen atoms in total. The van der Waals surface area contributed by atoms with Gasteiger partial charge in [0.15, 0.2) is 5.78 Å². The number of nitrogens with two attached hydrogens (primary N) is 1. The summed E-state index contributed by atoms with van der Waals surface area (Å²) in [6.45, 7) is 1.38. The Morgan fingerprint density at radius 3 is 2.84 bits per heavy atom. The fraction of sp³-hybridized carbons (Fsp3) is 0.462. The van der Waals surface area contributed by atoms with Gasteiger partial charge in [0.05, 0.1) is 13.2 Å². The van der Waals surface area contributed by atoms with Gasteiger partial charge in [-0.05, 0) is 37.6 Å². The van der Waals surface area contributed by atoms with Crippen molar-refractivity contribution >= 4 is 29.0 Å². The number of allylic oxidation sites excluding steroid dienone is 1. The van der Waals surface area contributed by atoms with Crippen LogP contribution in [0.25, 0.3) is 0 Å².